The van der Waals surface area contributed by atoms with Crippen LogP contribution in [-0.4, -0.2) is 63.9 Å². The molecule has 0 saturated carbocycles. The molecular formula is C30H42O8. The van der Waals surface area contributed by atoms with E-state index in [1.54, 1.807) is 0 Å². The van der Waals surface area contributed by atoms with E-state index in [9.17, 15) is 4.79 Å². The molecule has 0 radical (unpaired) electrons. The van der Waals surface area contributed by atoms with Gasteiger partial charge in [-0.05, 0) is 46.2 Å². The minimum Gasteiger partial charge on any atom is -0.489 e. The van der Waals surface area contributed by atoms with Gasteiger partial charge in [0.1, 0.15) is 19.8 Å². The average molecular weight is 531 g/mol. The Bertz CT molecular complexity index is 1050. The Morgan fingerprint density at radius 1 is 0.763 bits per heavy atom. The molecule has 0 spiro atoms. The molecule has 0 bridgehead atoms. The second kappa shape index (κ2) is 13.2. The van der Waals surface area contributed by atoms with E-state index in [1.807, 2.05) is 36.4 Å². The van der Waals surface area contributed by atoms with Crippen LogP contribution in [0.2, 0.25) is 0 Å². The Morgan fingerprint density at radius 3 is 1.76 bits per heavy atom. The Balaban J connectivity index is 1.86. The third-order valence-electron chi connectivity index (χ3n) is 6.12. The van der Waals surface area contributed by atoms with Gasteiger partial charge in [-0.1, -0.05) is 53.7 Å². The molecule has 1 heterocycles. The first-order chi connectivity index (χ1) is 17.9. The lowest BCUT2D eigenvalue weighted by Gasteiger charge is -2.24. The second-order valence-corrected chi connectivity index (χ2v) is 11.5. The van der Waals surface area contributed by atoms with Gasteiger partial charge in [-0.15, -0.1) is 0 Å². The van der Waals surface area contributed by atoms with Gasteiger partial charge in [0.2, 0.25) is 0 Å². The van der Waals surface area contributed by atoms with E-state index in [4.69, 9.17) is 33.5 Å². The van der Waals surface area contributed by atoms with Crippen molar-refractivity contribution >= 4 is 5.97 Å². The van der Waals surface area contributed by atoms with E-state index >= 15 is 0 Å². The van der Waals surface area contributed by atoms with Gasteiger partial charge in [0.05, 0.1) is 39.0 Å². The van der Waals surface area contributed by atoms with Crippen LogP contribution in [0.5, 0.6) is 23.0 Å². The van der Waals surface area contributed by atoms with Crippen LogP contribution in [0, 0.1) is 5.92 Å². The summed E-state index contributed by atoms with van der Waals surface area (Å²) in [4.78, 5) is 11.0. The summed E-state index contributed by atoms with van der Waals surface area (Å²) in [5.41, 5.74) is 2.11. The molecule has 0 fully saturated rings. The van der Waals surface area contributed by atoms with Gasteiger partial charge in [-0.2, -0.15) is 0 Å². The van der Waals surface area contributed by atoms with E-state index in [2.05, 4.69) is 41.5 Å². The predicted octanol–water partition coefficient (Wildman–Crippen LogP) is 5.24. The molecule has 3 rings (SSSR count). The normalized spacial score (nSPS) is 17.6. The summed E-state index contributed by atoms with van der Waals surface area (Å²) < 4.78 is 35.6. The number of hydrogen-bond acceptors (Lipinski definition) is 7. The van der Waals surface area contributed by atoms with Crippen molar-refractivity contribution in [3.63, 3.8) is 0 Å². The summed E-state index contributed by atoms with van der Waals surface area (Å²) in [6, 6.07) is 11.9. The van der Waals surface area contributed by atoms with E-state index in [1.165, 1.54) is 0 Å². The Hall–Kier alpha value is -2.97. The molecule has 1 aliphatic rings. The van der Waals surface area contributed by atoms with Crippen molar-refractivity contribution in [1.29, 1.82) is 0 Å². The number of carboxylic acid groups (broad SMARTS) is 1. The molecule has 1 N–H and O–H groups in total. The molecule has 210 valence electrons. The Kier molecular flexibility index (Phi) is 10.3. The van der Waals surface area contributed by atoms with Crippen molar-refractivity contribution in [3.05, 3.63) is 47.5 Å². The van der Waals surface area contributed by atoms with E-state index in [0.29, 0.717) is 49.4 Å². The highest BCUT2D eigenvalue weighted by Crippen LogP contribution is 2.35. The number of ether oxygens (including phenoxy) is 6. The number of benzene rings is 2. The maximum Gasteiger partial charge on any atom is 0.329 e. The zero-order valence-corrected chi connectivity index (χ0v) is 23.5. The minimum absolute atomic E-state index is 0.0537. The van der Waals surface area contributed by atoms with Crippen LogP contribution in [0.1, 0.15) is 52.7 Å². The van der Waals surface area contributed by atoms with Crippen LogP contribution < -0.4 is 18.9 Å². The van der Waals surface area contributed by atoms with Gasteiger partial charge in [0.25, 0.3) is 0 Å². The molecule has 0 aromatic heterocycles. The number of hydrogen-bond donors (Lipinski definition) is 1. The van der Waals surface area contributed by atoms with E-state index in [-0.39, 0.29) is 43.2 Å². The quantitative estimate of drug-likeness (QED) is 0.574. The predicted molar refractivity (Wildman–Crippen MR) is 145 cm³/mol. The zero-order chi connectivity index (χ0) is 27.8. The van der Waals surface area contributed by atoms with Crippen molar-refractivity contribution in [1.82, 2.24) is 0 Å². The first-order valence-corrected chi connectivity index (χ1v) is 13.1. The summed E-state index contributed by atoms with van der Waals surface area (Å²) in [5, 5.41) is 9.03. The molecule has 1 aliphatic heterocycles. The molecule has 1 atom stereocenters. The van der Waals surface area contributed by atoms with Crippen LogP contribution in [0.4, 0.5) is 0 Å². The molecule has 0 saturated heterocycles. The highest BCUT2D eigenvalue weighted by molar-refractivity contribution is 5.68. The third kappa shape index (κ3) is 9.10. The highest BCUT2D eigenvalue weighted by atomic mass is 16.6. The van der Waals surface area contributed by atoms with Crippen molar-refractivity contribution in [2.45, 2.75) is 52.4 Å². The lowest BCUT2D eigenvalue weighted by molar-refractivity contribution is -0.143. The molecule has 2 aromatic rings. The van der Waals surface area contributed by atoms with Crippen molar-refractivity contribution in [3.8, 4) is 23.0 Å². The van der Waals surface area contributed by atoms with Gasteiger partial charge in [0, 0.05) is 0 Å². The number of fused-ring (bicyclic) bond motifs is 2. The van der Waals surface area contributed by atoms with Crippen LogP contribution >= 0.6 is 0 Å². The SMILES string of the molecule is CC(C)(C)c1ccc2c(c1)OCCOCCOc1ccc(C(C)(C)C)cc1OCC(COCC(=O)O)CO2. The summed E-state index contributed by atoms with van der Waals surface area (Å²) in [6.45, 7) is 14.6. The van der Waals surface area contributed by atoms with Gasteiger partial charge in [-0.25, -0.2) is 4.79 Å². The Labute approximate surface area is 226 Å². The number of rotatable bonds is 4. The van der Waals surface area contributed by atoms with Crippen LogP contribution in [0.15, 0.2) is 36.4 Å². The fourth-order valence-corrected chi connectivity index (χ4v) is 3.81. The number of aliphatic carboxylic acids is 1. The van der Waals surface area contributed by atoms with Crippen molar-refractivity contribution in [2.75, 3.05) is 52.9 Å². The smallest absolute Gasteiger partial charge is 0.329 e. The zero-order valence-electron chi connectivity index (χ0n) is 23.5. The highest BCUT2D eigenvalue weighted by Gasteiger charge is 2.21. The maximum atomic E-state index is 11.0. The lowest BCUT2D eigenvalue weighted by Crippen LogP contribution is -2.26. The average Bonchev–Trinajstić information content (AvgIpc) is 2.83. The molecule has 8 heteroatoms. The topological polar surface area (TPSA) is 92.7 Å². The monoisotopic (exact) mass is 530 g/mol. The summed E-state index contributed by atoms with van der Waals surface area (Å²) in [6.07, 6.45) is 0. The molecule has 0 amide bonds. The second-order valence-electron chi connectivity index (χ2n) is 11.5. The Morgan fingerprint density at radius 2 is 1.24 bits per heavy atom. The van der Waals surface area contributed by atoms with Crippen LogP contribution in [0.25, 0.3) is 0 Å². The molecule has 2 aromatic carbocycles. The summed E-state index contributed by atoms with van der Waals surface area (Å²) in [7, 11) is 0. The molecule has 1 unspecified atom stereocenters. The van der Waals surface area contributed by atoms with Gasteiger partial charge < -0.3 is 33.5 Å². The fourth-order valence-electron chi connectivity index (χ4n) is 3.81. The number of carboxylic acids is 1. The molecule has 0 aliphatic carbocycles. The van der Waals surface area contributed by atoms with Crippen LogP contribution in [-0.2, 0) is 25.1 Å². The molecular weight excluding hydrogens is 488 g/mol. The standard InChI is InChI=1S/C30H42O8/c1-29(2,3)22-8-10-25-26(15-22)36-14-12-33-11-13-35-24-9-7-23(30(4,5)6)16-27(24)38-19-21(18-37-25)17-34-20-28(31)32/h7-10,15-16,21H,11-14,17-20H2,1-6H3,(H,31,32). The van der Waals surface area contributed by atoms with E-state index < -0.39 is 5.97 Å². The van der Waals surface area contributed by atoms with E-state index in [0.717, 1.165) is 11.1 Å². The van der Waals surface area contributed by atoms with Gasteiger partial charge >= 0.3 is 5.97 Å². The lowest BCUT2D eigenvalue weighted by atomic mass is 9.87. The molecule has 8 nitrogen and oxygen atoms in total. The van der Waals surface area contributed by atoms with Crippen LogP contribution in [0.3, 0.4) is 0 Å². The third-order valence-corrected chi connectivity index (χ3v) is 6.12. The minimum atomic E-state index is -1.02. The molecule has 38 heavy (non-hydrogen) atoms. The summed E-state index contributed by atoms with van der Waals surface area (Å²) in [5.74, 6) is 1.21. The van der Waals surface area contributed by atoms with Crippen molar-refractivity contribution in [2.24, 2.45) is 5.92 Å². The van der Waals surface area contributed by atoms with Gasteiger partial charge in [0.15, 0.2) is 23.0 Å². The first-order valence-electron chi connectivity index (χ1n) is 13.1. The number of carbonyl (C=O) groups is 1. The van der Waals surface area contributed by atoms with Crippen molar-refractivity contribution < 1.29 is 38.3 Å². The summed E-state index contributed by atoms with van der Waals surface area (Å²) >= 11 is 0. The first kappa shape index (κ1) is 29.6. The fraction of sp³-hybridized carbons (Fsp3) is 0.567. The largest absolute Gasteiger partial charge is 0.489 e. The maximum absolute atomic E-state index is 11.0. The van der Waals surface area contributed by atoms with Gasteiger partial charge in [-0.3, -0.25) is 0 Å².